The molecule has 2 N–H and O–H groups in total. The second-order valence-corrected chi connectivity index (χ2v) is 7.33. The molecule has 1 unspecified atom stereocenters. The van der Waals surface area contributed by atoms with Crippen LogP contribution in [0.15, 0.2) is 47.4 Å². The first-order valence-corrected chi connectivity index (χ1v) is 8.71. The van der Waals surface area contributed by atoms with Gasteiger partial charge in [0.05, 0.1) is 19.1 Å². The Hall–Kier alpha value is -2.05. The lowest BCUT2D eigenvalue weighted by molar-refractivity contribution is 0.354. The Labute approximate surface area is 137 Å². The van der Waals surface area contributed by atoms with Gasteiger partial charge in [0.1, 0.15) is 5.25 Å². The van der Waals surface area contributed by atoms with Crippen molar-refractivity contribution in [2.24, 2.45) is 5.73 Å². The molecule has 2 rings (SSSR count). The Morgan fingerprint density at radius 2 is 1.61 bits per heavy atom. The fourth-order valence-electron chi connectivity index (χ4n) is 2.39. The Morgan fingerprint density at radius 3 is 2.13 bits per heavy atom. The molecule has 0 amide bonds. The third kappa shape index (κ3) is 3.48. The highest BCUT2D eigenvalue weighted by Crippen LogP contribution is 2.34. The van der Waals surface area contributed by atoms with Gasteiger partial charge in [-0.05, 0) is 36.8 Å². The number of sulfone groups is 1. The average molecular weight is 335 g/mol. The third-order valence-electron chi connectivity index (χ3n) is 3.72. The molecule has 0 radical (unpaired) electrons. The van der Waals surface area contributed by atoms with E-state index in [1.165, 1.54) is 14.2 Å². The Kier molecular flexibility index (Phi) is 5.28. The SMILES string of the molecule is COc1ccc(C(CN)S(=O)(=O)c2ccc(C)cc2)cc1OC. The molecule has 0 fully saturated rings. The number of aryl methyl sites for hydroxylation is 1. The minimum Gasteiger partial charge on any atom is -0.493 e. The molecule has 124 valence electrons. The van der Waals surface area contributed by atoms with E-state index in [4.69, 9.17) is 15.2 Å². The lowest BCUT2D eigenvalue weighted by Crippen LogP contribution is -2.22. The molecular weight excluding hydrogens is 314 g/mol. The highest BCUT2D eigenvalue weighted by Gasteiger charge is 2.28. The van der Waals surface area contributed by atoms with E-state index in [1.807, 2.05) is 6.92 Å². The zero-order valence-corrected chi connectivity index (χ0v) is 14.3. The summed E-state index contributed by atoms with van der Waals surface area (Å²) in [5.41, 5.74) is 7.34. The summed E-state index contributed by atoms with van der Waals surface area (Å²) in [5, 5.41) is -0.843. The number of nitrogens with two attached hydrogens (primary N) is 1. The second-order valence-electron chi connectivity index (χ2n) is 5.20. The summed E-state index contributed by atoms with van der Waals surface area (Å²) in [5.74, 6) is 1.02. The van der Waals surface area contributed by atoms with E-state index in [0.29, 0.717) is 17.1 Å². The minimum absolute atomic E-state index is 0.0221. The number of hydrogen-bond acceptors (Lipinski definition) is 5. The predicted molar refractivity (Wildman–Crippen MR) is 89.7 cm³/mol. The second kappa shape index (κ2) is 7.02. The first-order valence-electron chi connectivity index (χ1n) is 7.16. The van der Waals surface area contributed by atoms with Crippen LogP contribution in [0.2, 0.25) is 0 Å². The molecule has 0 saturated carbocycles. The van der Waals surface area contributed by atoms with Gasteiger partial charge in [0.2, 0.25) is 0 Å². The van der Waals surface area contributed by atoms with Crippen LogP contribution in [0.1, 0.15) is 16.4 Å². The molecule has 2 aromatic carbocycles. The summed E-state index contributed by atoms with van der Waals surface area (Å²) in [6.07, 6.45) is 0. The molecule has 23 heavy (non-hydrogen) atoms. The molecule has 5 nitrogen and oxygen atoms in total. The number of benzene rings is 2. The van der Waals surface area contributed by atoms with Gasteiger partial charge in [-0.2, -0.15) is 0 Å². The molecule has 0 saturated heterocycles. The van der Waals surface area contributed by atoms with Crippen molar-refractivity contribution in [1.29, 1.82) is 0 Å². The maximum Gasteiger partial charge on any atom is 0.186 e. The van der Waals surface area contributed by atoms with Crippen molar-refractivity contribution in [3.8, 4) is 11.5 Å². The lowest BCUT2D eigenvalue weighted by Gasteiger charge is -2.18. The van der Waals surface area contributed by atoms with Crippen LogP contribution in [0.5, 0.6) is 11.5 Å². The molecule has 0 aromatic heterocycles. The van der Waals surface area contributed by atoms with Gasteiger partial charge < -0.3 is 15.2 Å². The Bertz CT molecular complexity index is 770. The Balaban J connectivity index is 2.48. The van der Waals surface area contributed by atoms with Gasteiger partial charge >= 0.3 is 0 Å². The Morgan fingerprint density at radius 1 is 1.00 bits per heavy atom. The van der Waals surface area contributed by atoms with Gasteiger partial charge in [-0.15, -0.1) is 0 Å². The van der Waals surface area contributed by atoms with Gasteiger partial charge in [0.15, 0.2) is 21.3 Å². The topological polar surface area (TPSA) is 78.6 Å². The summed E-state index contributed by atoms with van der Waals surface area (Å²) in [4.78, 5) is 0.258. The van der Waals surface area contributed by atoms with Gasteiger partial charge in [-0.25, -0.2) is 8.42 Å². The zero-order chi connectivity index (χ0) is 17.0. The van der Waals surface area contributed by atoms with E-state index in [-0.39, 0.29) is 11.4 Å². The lowest BCUT2D eigenvalue weighted by atomic mass is 10.1. The average Bonchev–Trinajstić information content (AvgIpc) is 2.55. The molecular formula is C17H21NO4S. The van der Waals surface area contributed by atoms with Crippen molar-refractivity contribution >= 4 is 9.84 Å². The standard InChI is InChI=1S/C17H21NO4S/c1-12-4-7-14(8-5-12)23(19,20)17(11-18)13-6-9-15(21-2)16(10-13)22-3/h4-10,17H,11,18H2,1-3H3. The van der Waals surface area contributed by atoms with Crippen molar-refractivity contribution in [1.82, 2.24) is 0 Å². The van der Waals surface area contributed by atoms with Crippen molar-refractivity contribution < 1.29 is 17.9 Å². The van der Waals surface area contributed by atoms with Gasteiger partial charge in [0, 0.05) is 6.54 Å². The first kappa shape index (κ1) is 17.3. The summed E-state index contributed by atoms with van der Waals surface area (Å²) >= 11 is 0. The molecule has 2 aromatic rings. The molecule has 0 aliphatic carbocycles. The van der Waals surface area contributed by atoms with Gasteiger partial charge in [-0.3, -0.25) is 0 Å². The van der Waals surface area contributed by atoms with Crippen LogP contribution < -0.4 is 15.2 Å². The van der Waals surface area contributed by atoms with Crippen LogP contribution in [-0.2, 0) is 9.84 Å². The fourth-order valence-corrected chi connectivity index (χ4v) is 3.99. The van der Waals surface area contributed by atoms with Crippen LogP contribution >= 0.6 is 0 Å². The van der Waals surface area contributed by atoms with Crippen LogP contribution in [-0.4, -0.2) is 29.2 Å². The third-order valence-corrected chi connectivity index (χ3v) is 5.86. The molecule has 0 heterocycles. The molecule has 1 atom stereocenters. The van der Waals surface area contributed by atoms with E-state index in [1.54, 1.807) is 42.5 Å². The maximum absolute atomic E-state index is 12.9. The summed E-state index contributed by atoms with van der Waals surface area (Å²) in [6.45, 7) is 1.89. The fraction of sp³-hybridized carbons (Fsp3) is 0.294. The number of methoxy groups -OCH3 is 2. The molecule has 0 bridgehead atoms. The van der Waals surface area contributed by atoms with Crippen molar-refractivity contribution in [3.05, 3.63) is 53.6 Å². The minimum atomic E-state index is -3.59. The van der Waals surface area contributed by atoms with Gasteiger partial charge in [0.25, 0.3) is 0 Å². The maximum atomic E-state index is 12.9. The van der Waals surface area contributed by atoms with E-state index in [2.05, 4.69) is 0 Å². The summed E-state index contributed by atoms with van der Waals surface area (Å²) < 4.78 is 36.2. The largest absolute Gasteiger partial charge is 0.493 e. The highest BCUT2D eigenvalue weighted by atomic mass is 32.2. The molecule has 6 heteroatoms. The normalized spacial score (nSPS) is 12.7. The van der Waals surface area contributed by atoms with E-state index >= 15 is 0 Å². The number of ether oxygens (including phenoxy) is 2. The van der Waals surface area contributed by atoms with Crippen molar-refractivity contribution in [2.75, 3.05) is 20.8 Å². The quantitative estimate of drug-likeness (QED) is 0.877. The van der Waals surface area contributed by atoms with Crippen LogP contribution in [0.3, 0.4) is 0 Å². The van der Waals surface area contributed by atoms with E-state index < -0.39 is 15.1 Å². The summed E-state index contributed by atoms with van der Waals surface area (Å²) in [7, 11) is -0.551. The van der Waals surface area contributed by atoms with Crippen LogP contribution in [0.25, 0.3) is 0 Å². The predicted octanol–water partition coefficient (Wildman–Crippen LogP) is 2.49. The number of rotatable bonds is 6. The summed E-state index contributed by atoms with van der Waals surface area (Å²) in [6, 6.07) is 11.8. The highest BCUT2D eigenvalue weighted by molar-refractivity contribution is 7.91. The molecule has 0 aliphatic rings. The molecule has 0 aliphatic heterocycles. The zero-order valence-electron chi connectivity index (χ0n) is 13.4. The smallest absolute Gasteiger partial charge is 0.186 e. The van der Waals surface area contributed by atoms with E-state index in [0.717, 1.165) is 5.56 Å². The van der Waals surface area contributed by atoms with Crippen molar-refractivity contribution in [2.45, 2.75) is 17.1 Å². The first-order chi connectivity index (χ1) is 10.9. The number of hydrogen-bond donors (Lipinski definition) is 1. The molecule has 0 spiro atoms. The van der Waals surface area contributed by atoms with Crippen molar-refractivity contribution in [3.63, 3.8) is 0 Å². The monoisotopic (exact) mass is 335 g/mol. The van der Waals surface area contributed by atoms with Crippen LogP contribution in [0, 0.1) is 6.92 Å². The van der Waals surface area contributed by atoms with E-state index in [9.17, 15) is 8.42 Å². The van der Waals surface area contributed by atoms with Gasteiger partial charge in [-0.1, -0.05) is 23.8 Å². The van der Waals surface area contributed by atoms with Crippen LogP contribution in [0.4, 0.5) is 0 Å².